The Balaban J connectivity index is 1.15. The van der Waals surface area contributed by atoms with Gasteiger partial charge >= 0.3 is 0 Å². The van der Waals surface area contributed by atoms with E-state index in [2.05, 4.69) is 37.3 Å². The summed E-state index contributed by atoms with van der Waals surface area (Å²) in [5.41, 5.74) is 8.47. The molecule has 2 aliphatic carbocycles. The first-order chi connectivity index (χ1) is 18.6. The average Bonchev–Trinajstić information content (AvgIpc) is 3.55. The van der Waals surface area contributed by atoms with E-state index in [0.29, 0.717) is 41.0 Å². The molecule has 38 heavy (non-hydrogen) atoms. The first-order valence-corrected chi connectivity index (χ1v) is 13.7. The maximum atomic E-state index is 11.6. The fourth-order valence-electron chi connectivity index (χ4n) is 6.97. The Morgan fingerprint density at radius 1 is 1.05 bits per heavy atom. The van der Waals surface area contributed by atoms with E-state index in [1.54, 1.807) is 18.5 Å². The number of rotatable bonds is 7. The summed E-state index contributed by atoms with van der Waals surface area (Å²) in [5.74, 6) is 3.16. The molecule has 1 saturated heterocycles. The number of piperidine rings is 1. The summed E-state index contributed by atoms with van der Waals surface area (Å²) in [7, 11) is 0. The van der Waals surface area contributed by atoms with Gasteiger partial charge in [-0.2, -0.15) is 5.26 Å². The zero-order chi connectivity index (χ0) is 26.1. The third kappa shape index (κ3) is 4.93. The maximum Gasteiger partial charge on any atom is 0.248 e. The average molecular weight is 508 g/mol. The van der Waals surface area contributed by atoms with Gasteiger partial charge in [0.25, 0.3) is 0 Å². The molecule has 0 unspecified atom stereocenters. The van der Waals surface area contributed by atoms with Crippen LogP contribution in [0.5, 0.6) is 0 Å². The number of aromatic nitrogens is 3. The molecule has 2 saturated carbocycles. The normalized spacial score (nSPS) is 26.2. The molecule has 2 aromatic heterocycles. The van der Waals surface area contributed by atoms with Crippen molar-refractivity contribution >= 4 is 17.7 Å². The van der Waals surface area contributed by atoms with E-state index < -0.39 is 5.91 Å². The van der Waals surface area contributed by atoms with E-state index in [9.17, 15) is 4.79 Å². The maximum absolute atomic E-state index is 11.6. The number of hydrogen-bond donors (Lipinski definition) is 2. The molecule has 3 heterocycles. The second-order valence-corrected chi connectivity index (χ2v) is 11.1. The van der Waals surface area contributed by atoms with Gasteiger partial charge in [0.2, 0.25) is 11.9 Å². The van der Waals surface area contributed by atoms with Crippen LogP contribution in [0.1, 0.15) is 60.9 Å². The SMILES string of the molecule is N#Cc1cnc(N2C[C@@H]3C[C@H](C[C@@H]4CCCC[C@H]4Nc4cc(-c5cccc(C(N)=O)c5)ccn4)[C@H]2C3)nc1. The molecule has 3 fully saturated rings. The van der Waals surface area contributed by atoms with Crippen LogP contribution in [0.2, 0.25) is 0 Å². The van der Waals surface area contributed by atoms with Gasteiger partial charge in [0.15, 0.2) is 0 Å². The number of hydrogen-bond acceptors (Lipinski definition) is 7. The Bertz CT molecular complexity index is 1350. The summed E-state index contributed by atoms with van der Waals surface area (Å²) in [6.07, 6.45) is 13.7. The molecule has 1 amide bonds. The lowest BCUT2D eigenvalue weighted by atomic mass is 9.77. The largest absolute Gasteiger partial charge is 0.367 e. The van der Waals surface area contributed by atoms with Crippen LogP contribution >= 0.6 is 0 Å². The number of primary amides is 1. The molecule has 5 atom stereocenters. The molecule has 1 aliphatic heterocycles. The summed E-state index contributed by atoms with van der Waals surface area (Å²) in [4.78, 5) is 27.7. The zero-order valence-electron chi connectivity index (χ0n) is 21.5. The van der Waals surface area contributed by atoms with Gasteiger partial charge in [0, 0.05) is 30.4 Å². The summed E-state index contributed by atoms with van der Waals surface area (Å²) >= 11 is 0. The Morgan fingerprint density at radius 3 is 2.66 bits per heavy atom. The zero-order valence-corrected chi connectivity index (χ0v) is 21.5. The molecule has 3 aromatic rings. The summed E-state index contributed by atoms with van der Waals surface area (Å²) in [6, 6.07) is 14.5. The standard InChI is InChI=1S/C30H33N7O/c31-15-20-16-34-30(35-17-20)37-18-19-10-25(27(37)11-19)13-23-4-1-2-7-26(23)36-28-14-22(8-9-33-28)21-5-3-6-24(12-21)29(32)38/h3,5-6,8-9,12,14,16-17,19,23,25-27H,1-2,4,7,10-11,13,18H2,(H2,32,38)(H,33,36)/t19-,23+,25-,26-,27-/m1/s1. The van der Waals surface area contributed by atoms with Gasteiger partial charge in [-0.3, -0.25) is 4.79 Å². The Labute approximate surface area is 223 Å². The molecule has 3 N–H and O–H groups in total. The van der Waals surface area contributed by atoms with Crippen LogP contribution in [0.3, 0.4) is 0 Å². The van der Waals surface area contributed by atoms with Gasteiger partial charge in [-0.25, -0.2) is 15.0 Å². The minimum Gasteiger partial charge on any atom is -0.367 e. The van der Waals surface area contributed by atoms with Crippen molar-refractivity contribution in [3.63, 3.8) is 0 Å². The predicted molar refractivity (Wildman–Crippen MR) is 146 cm³/mol. The minimum atomic E-state index is -0.422. The molecular formula is C30H33N7O. The summed E-state index contributed by atoms with van der Waals surface area (Å²) in [6.45, 7) is 1.02. The molecular weight excluding hydrogens is 474 g/mol. The number of anilines is 2. The monoisotopic (exact) mass is 507 g/mol. The third-order valence-electron chi connectivity index (χ3n) is 8.72. The van der Waals surface area contributed by atoms with Crippen molar-refractivity contribution in [1.29, 1.82) is 5.26 Å². The predicted octanol–water partition coefficient (Wildman–Crippen LogP) is 4.78. The number of nitriles is 1. The number of nitrogens with one attached hydrogen (secondary N) is 1. The van der Waals surface area contributed by atoms with Gasteiger partial charge < -0.3 is 16.0 Å². The highest BCUT2D eigenvalue weighted by Gasteiger charge is 2.47. The van der Waals surface area contributed by atoms with Crippen LogP contribution in [0, 0.1) is 29.1 Å². The first kappa shape index (κ1) is 24.4. The highest BCUT2D eigenvalue weighted by molar-refractivity contribution is 5.94. The van der Waals surface area contributed by atoms with Crippen molar-refractivity contribution in [3.8, 4) is 17.2 Å². The van der Waals surface area contributed by atoms with E-state index in [1.165, 1.54) is 38.5 Å². The van der Waals surface area contributed by atoms with Crippen molar-refractivity contribution < 1.29 is 4.79 Å². The molecule has 2 bridgehead atoms. The molecule has 8 heteroatoms. The van der Waals surface area contributed by atoms with E-state index in [1.807, 2.05) is 30.5 Å². The van der Waals surface area contributed by atoms with Crippen LogP contribution in [0.25, 0.3) is 11.1 Å². The van der Waals surface area contributed by atoms with Crippen LogP contribution in [-0.4, -0.2) is 39.5 Å². The van der Waals surface area contributed by atoms with E-state index in [-0.39, 0.29) is 0 Å². The van der Waals surface area contributed by atoms with E-state index >= 15 is 0 Å². The van der Waals surface area contributed by atoms with Crippen molar-refractivity contribution in [1.82, 2.24) is 15.0 Å². The highest BCUT2D eigenvalue weighted by atomic mass is 16.1. The molecule has 8 nitrogen and oxygen atoms in total. The van der Waals surface area contributed by atoms with Crippen LogP contribution in [0.15, 0.2) is 55.0 Å². The second kappa shape index (κ2) is 10.4. The van der Waals surface area contributed by atoms with Gasteiger partial charge in [-0.15, -0.1) is 0 Å². The summed E-state index contributed by atoms with van der Waals surface area (Å²) in [5, 5.41) is 12.9. The van der Waals surface area contributed by atoms with Gasteiger partial charge in [-0.1, -0.05) is 25.0 Å². The number of pyridine rings is 1. The minimum absolute atomic E-state index is 0.391. The molecule has 6 rings (SSSR count). The van der Waals surface area contributed by atoms with Crippen LogP contribution in [0.4, 0.5) is 11.8 Å². The first-order valence-electron chi connectivity index (χ1n) is 13.7. The van der Waals surface area contributed by atoms with Crippen molar-refractivity contribution in [3.05, 3.63) is 66.1 Å². The van der Waals surface area contributed by atoms with Crippen molar-refractivity contribution in [2.45, 2.75) is 57.0 Å². The number of amides is 1. The molecule has 1 aromatic carbocycles. The number of nitrogens with two attached hydrogens (primary N) is 1. The lowest BCUT2D eigenvalue weighted by Crippen LogP contribution is -2.42. The highest BCUT2D eigenvalue weighted by Crippen LogP contribution is 2.47. The molecule has 0 spiro atoms. The Morgan fingerprint density at radius 2 is 1.87 bits per heavy atom. The number of carbonyl (C=O) groups is 1. The van der Waals surface area contributed by atoms with Crippen molar-refractivity contribution in [2.75, 3.05) is 16.8 Å². The number of benzene rings is 1. The number of fused-ring (bicyclic) bond motifs is 2. The van der Waals surface area contributed by atoms with Gasteiger partial charge in [-0.05, 0) is 85.3 Å². The third-order valence-corrected chi connectivity index (χ3v) is 8.72. The van der Waals surface area contributed by atoms with E-state index in [4.69, 9.17) is 11.0 Å². The second-order valence-electron chi connectivity index (χ2n) is 11.1. The van der Waals surface area contributed by atoms with Gasteiger partial charge in [0.1, 0.15) is 11.9 Å². The fourth-order valence-corrected chi connectivity index (χ4v) is 6.97. The molecule has 194 valence electrons. The number of nitrogens with zero attached hydrogens (tertiary/aromatic N) is 5. The van der Waals surface area contributed by atoms with E-state index in [0.717, 1.165) is 35.9 Å². The molecule has 0 radical (unpaired) electrons. The van der Waals surface area contributed by atoms with Crippen LogP contribution in [-0.2, 0) is 0 Å². The smallest absolute Gasteiger partial charge is 0.248 e. The van der Waals surface area contributed by atoms with Crippen molar-refractivity contribution in [2.24, 2.45) is 23.5 Å². The topological polar surface area (TPSA) is 121 Å². The lowest BCUT2D eigenvalue weighted by molar-refractivity contribution is 0.100. The fraction of sp³-hybridized carbons (Fsp3) is 0.433. The quantitative estimate of drug-likeness (QED) is 0.472. The van der Waals surface area contributed by atoms with Crippen LogP contribution < -0.4 is 16.0 Å². The molecule has 3 aliphatic rings. The number of carbonyl (C=O) groups excluding carboxylic acids is 1. The lowest BCUT2D eigenvalue weighted by Gasteiger charge is -2.39. The Kier molecular flexibility index (Phi) is 6.67. The Hall–Kier alpha value is -3.99. The summed E-state index contributed by atoms with van der Waals surface area (Å²) < 4.78 is 0. The van der Waals surface area contributed by atoms with Gasteiger partial charge in [0.05, 0.1) is 18.0 Å².